The van der Waals surface area contributed by atoms with E-state index in [-0.39, 0.29) is 12.1 Å². The van der Waals surface area contributed by atoms with Gasteiger partial charge in [0.15, 0.2) is 0 Å². The van der Waals surface area contributed by atoms with Gasteiger partial charge in [-0.25, -0.2) is 9.59 Å². The van der Waals surface area contributed by atoms with Gasteiger partial charge in [-0.1, -0.05) is 10.7 Å². The van der Waals surface area contributed by atoms with Crippen molar-refractivity contribution in [2.24, 2.45) is 0 Å². The van der Waals surface area contributed by atoms with Gasteiger partial charge in [0.25, 0.3) is 18.6 Å². The molecule has 98 valence electrons. The van der Waals surface area contributed by atoms with Crippen molar-refractivity contribution in [1.29, 1.82) is 0 Å². The molecule has 0 radical (unpaired) electrons. The molecule has 1 heterocycles. The molecule has 0 spiro atoms. The zero-order valence-electron chi connectivity index (χ0n) is 9.62. The van der Waals surface area contributed by atoms with Crippen LogP contribution in [-0.4, -0.2) is 22.3 Å². The second kappa shape index (κ2) is 5.17. The number of amides is 1. The van der Waals surface area contributed by atoms with Crippen LogP contribution in [0.2, 0.25) is 0 Å². The number of hydrogen-bond acceptors (Lipinski definition) is 4. The van der Waals surface area contributed by atoms with E-state index in [2.05, 4.69) is 15.1 Å². The predicted molar refractivity (Wildman–Crippen MR) is 61.6 cm³/mol. The lowest BCUT2D eigenvalue weighted by Crippen LogP contribution is -2.41. The predicted octanol–water partition coefficient (Wildman–Crippen LogP) is -0.408. The first-order chi connectivity index (χ1) is 9.04. The molecule has 2 rings (SSSR count). The van der Waals surface area contributed by atoms with Crippen LogP contribution in [0.15, 0.2) is 39.8 Å². The molecule has 0 bridgehead atoms. The van der Waals surface area contributed by atoms with Gasteiger partial charge in [0.1, 0.15) is 0 Å². The molecule has 1 aromatic carbocycles. The highest BCUT2D eigenvalue weighted by Gasteiger charge is 2.13. The summed E-state index contributed by atoms with van der Waals surface area (Å²) in [5.41, 5.74) is -0.167. The number of aromatic nitrogens is 2. The number of nitrogens with zero attached hydrogens (tertiary/aromatic N) is 1. The summed E-state index contributed by atoms with van der Waals surface area (Å²) in [6, 6.07) is 5.84. The lowest BCUT2D eigenvalue weighted by Gasteiger charge is -2.02. The average molecular weight is 264 g/mol. The van der Waals surface area contributed by atoms with Crippen LogP contribution in [0.4, 0.5) is 5.69 Å². The summed E-state index contributed by atoms with van der Waals surface area (Å²) in [6.07, 6.45) is 1.09. The van der Waals surface area contributed by atoms with Gasteiger partial charge in [-0.15, -0.1) is 0 Å². The maximum atomic E-state index is 11.6. The molecule has 1 aromatic heterocycles. The van der Waals surface area contributed by atoms with Crippen molar-refractivity contribution in [3.05, 3.63) is 46.4 Å². The fourth-order valence-electron chi connectivity index (χ4n) is 1.45. The SMILES string of the molecule is O=C(C[n+]1cc(=O)o[nH]1)Nc1cccc(C(=O)O)c1. The van der Waals surface area contributed by atoms with Gasteiger partial charge in [0, 0.05) is 5.69 Å². The lowest BCUT2D eigenvalue weighted by molar-refractivity contribution is -0.750. The summed E-state index contributed by atoms with van der Waals surface area (Å²) in [6.45, 7) is -0.150. The van der Waals surface area contributed by atoms with E-state index >= 15 is 0 Å². The zero-order chi connectivity index (χ0) is 13.8. The molecule has 0 saturated carbocycles. The summed E-state index contributed by atoms with van der Waals surface area (Å²) in [7, 11) is 0. The van der Waals surface area contributed by atoms with Gasteiger partial charge in [0.05, 0.1) is 5.56 Å². The highest BCUT2D eigenvalue weighted by Crippen LogP contribution is 2.10. The van der Waals surface area contributed by atoms with Crippen molar-refractivity contribution in [1.82, 2.24) is 5.27 Å². The average Bonchev–Trinajstić information content (AvgIpc) is 2.74. The first-order valence-electron chi connectivity index (χ1n) is 5.26. The van der Waals surface area contributed by atoms with Gasteiger partial charge in [0.2, 0.25) is 0 Å². The van der Waals surface area contributed by atoms with E-state index in [9.17, 15) is 14.4 Å². The zero-order valence-corrected chi connectivity index (χ0v) is 9.62. The number of H-pyrrole nitrogens is 1. The summed E-state index contributed by atoms with van der Waals surface area (Å²) >= 11 is 0. The maximum absolute atomic E-state index is 11.6. The van der Waals surface area contributed by atoms with Gasteiger partial charge in [-0.05, 0) is 23.5 Å². The molecule has 0 aliphatic heterocycles. The molecule has 8 nitrogen and oxygen atoms in total. The monoisotopic (exact) mass is 264 g/mol. The molecule has 8 heteroatoms. The standard InChI is InChI=1S/C11H9N3O5/c15-9(5-14-6-10(16)19-13-14)12-8-3-1-2-7(4-8)11(17)18/h1-4,6H,5H2,(H2-,12,13,15,16,17,18)/p+1. The van der Waals surface area contributed by atoms with E-state index in [1.807, 2.05) is 0 Å². The van der Waals surface area contributed by atoms with Crippen molar-refractivity contribution in [3.63, 3.8) is 0 Å². The Balaban J connectivity index is 2.04. The molecule has 19 heavy (non-hydrogen) atoms. The Kier molecular flexibility index (Phi) is 3.42. The maximum Gasteiger partial charge on any atom is 0.426 e. The largest absolute Gasteiger partial charge is 0.478 e. The Morgan fingerprint density at radius 1 is 1.42 bits per heavy atom. The topological polar surface area (TPSA) is 116 Å². The number of benzene rings is 1. The summed E-state index contributed by atoms with van der Waals surface area (Å²) < 4.78 is 5.56. The number of aromatic amines is 1. The molecule has 0 fully saturated rings. The summed E-state index contributed by atoms with van der Waals surface area (Å²) in [5, 5.41) is 13.5. The third-order valence-corrected chi connectivity index (χ3v) is 2.23. The molecule has 2 aromatic rings. The Hall–Kier alpha value is -2.90. The molecule has 0 atom stereocenters. The Morgan fingerprint density at radius 3 is 2.84 bits per heavy atom. The van der Waals surface area contributed by atoms with Crippen LogP contribution in [0.3, 0.4) is 0 Å². The van der Waals surface area contributed by atoms with Crippen LogP contribution in [0, 0.1) is 0 Å². The smallest absolute Gasteiger partial charge is 0.426 e. The Labute approximate surface area is 106 Å². The van der Waals surface area contributed by atoms with Gasteiger partial charge < -0.3 is 10.4 Å². The molecule has 1 amide bonds. The van der Waals surface area contributed by atoms with Crippen LogP contribution >= 0.6 is 0 Å². The first-order valence-corrected chi connectivity index (χ1v) is 5.26. The second-order valence-electron chi connectivity index (χ2n) is 3.70. The van der Waals surface area contributed by atoms with Crippen molar-refractivity contribution >= 4 is 17.6 Å². The molecule has 0 saturated heterocycles. The molecular weight excluding hydrogens is 254 g/mol. The quantitative estimate of drug-likeness (QED) is 0.649. The minimum absolute atomic E-state index is 0.0715. The van der Waals surface area contributed by atoms with E-state index in [0.717, 1.165) is 6.20 Å². The highest BCUT2D eigenvalue weighted by atomic mass is 16.5. The van der Waals surface area contributed by atoms with E-state index in [0.29, 0.717) is 5.69 Å². The molecule has 0 aliphatic rings. The molecule has 3 N–H and O–H groups in total. The lowest BCUT2D eigenvalue weighted by atomic mass is 10.2. The third kappa shape index (κ3) is 3.28. The molecular formula is C11H10N3O5+. The van der Waals surface area contributed by atoms with Crippen LogP contribution in [0.25, 0.3) is 0 Å². The number of carboxylic acids is 1. The number of carboxylic acid groups (broad SMARTS) is 1. The van der Waals surface area contributed by atoms with Gasteiger partial charge in [-0.3, -0.25) is 9.32 Å². The van der Waals surface area contributed by atoms with Crippen LogP contribution in [0.1, 0.15) is 10.4 Å². The van der Waals surface area contributed by atoms with Crippen LogP contribution in [-0.2, 0) is 11.3 Å². The number of aromatic carboxylic acids is 1. The highest BCUT2D eigenvalue weighted by molar-refractivity contribution is 5.93. The minimum atomic E-state index is -1.08. The first kappa shape index (κ1) is 12.6. The normalized spacial score (nSPS) is 10.1. The third-order valence-electron chi connectivity index (χ3n) is 2.23. The van der Waals surface area contributed by atoms with Crippen molar-refractivity contribution < 1.29 is 23.9 Å². The molecule has 0 aliphatic carbocycles. The summed E-state index contributed by atoms with van der Waals surface area (Å²) in [4.78, 5) is 33.1. The van der Waals surface area contributed by atoms with Crippen LogP contribution < -0.4 is 15.6 Å². The number of anilines is 1. The van der Waals surface area contributed by atoms with E-state index in [4.69, 9.17) is 5.11 Å². The van der Waals surface area contributed by atoms with E-state index in [1.165, 1.54) is 22.9 Å². The number of hydrogen-bond donors (Lipinski definition) is 3. The fourth-order valence-corrected chi connectivity index (χ4v) is 1.45. The number of nitrogens with one attached hydrogen (secondary N) is 2. The van der Waals surface area contributed by atoms with Gasteiger partial charge >= 0.3 is 11.6 Å². The second-order valence-corrected chi connectivity index (χ2v) is 3.70. The van der Waals surface area contributed by atoms with Crippen molar-refractivity contribution in [3.8, 4) is 0 Å². The minimum Gasteiger partial charge on any atom is -0.478 e. The number of rotatable bonds is 4. The Morgan fingerprint density at radius 2 is 2.21 bits per heavy atom. The number of carbonyl (C=O) groups excluding carboxylic acids is 1. The fraction of sp³-hybridized carbons (Fsp3) is 0.0909. The molecule has 0 unspecified atom stereocenters. The van der Waals surface area contributed by atoms with Crippen molar-refractivity contribution in [2.45, 2.75) is 6.54 Å². The summed E-state index contributed by atoms with van der Waals surface area (Å²) in [5.74, 6) is -1.51. The van der Waals surface area contributed by atoms with Gasteiger partial charge in [-0.2, -0.15) is 0 Å². The van der Waals surface area contributed by atoms with E-state index in [1.54, 1.807) is 6.07 Å². The number of carbonyl (C=O) groups is 2. The van der Waals surface area contributed by atoms with E-state index < -0.39 is 17.5 Å². The van der Waals surface area contributed by atoms with Crippen molar-refractivity contribution in [2.75, 3.05) is 5.32 Å². The Bertz CT molecular complexity index is 673. The van der Waals surface area contributed by atoms with Crippen LogP contribution in [0.5, 0.6) is 0 Å².